The Morgan fingerprint density at radius 3 is 2.53 bits per heavy atom. The third kappa shape index (κ3) is 2.46. The topological polar surface area (TPSA) is 64.2 Å². The van der Waals surface area contributed by atoms with Gasteiger partial charge in [-0.2, -0.15) is 0 Å². The van der Waals surface area contributed by atoms with Crippen LogP contribution < -0.4 is 11.2 Å². The molecule has 1 aromatic heterocycles. The van der Waals surface area contributed by atoms with Gasteiger partial charge in [0.1, 0.15) is 0 Å². The molecule has 5 nitrogen and oxygen atoms in total. The molecule has 1 N–H and O–H groups in total. The van der Waals surface area contributed by atoms with Crippen molar-refractivity contribution in [2.45, 2.75) is 32.9 Å². The summed E-state index contributed by atoms with van der Waals surface area (Å²) in [6.45, 7) is 2.45. The lowest BCUT2D eigenvalue weighted by Gasteiger charge is -2.13. The quantitative estimate of drug-likeness (QED) is 0.872. The fourth-order valence-electron chi connectivity index (χ4n) is 2.20. The Labute approximate surface area is 110 Å². The van der Waals surface area contributed by atoms with Crippen molar-refractivity contribution in [1.29, 1.82) is 0 Å². The standard InChI is InChI=1S/C14H18N2O3/c1-2-3-8-15-12-7-5-4-6-11(12)13(18)16(9-10-17)14(15)19/h4-7,17H,2-3,8-10H2,1H3. The van der Waals surface area contributed by atoms with Crippen LogP contribution in [-0.4, -0.2) is 20.8 Å². The predicted molar refractivity (Wildman–Crippen MR) is 74.5 cm³/mol. The Hall–Kier alpha value is -1.88. The zero-order valence-electron chi connectivity index (χ0n) is 11.0. The Balaban J connectivity index is 2.76. The molecule has 0 radical (unpaired) electrons. The Kier molecular flexibility index (Phi) is 4.16. The number of para-hydroxylation sites is 1. The second-order valence-electron chi connectivity index (χ2n) is 4.49. The van der Waals surface area contributed by atoms with E-state index in [1.54, 1.807) is 22.8 Å². The fraction of sp³-hybridized carbons (Fsp3) is 0.429. The molecule has 5 heteroatoms. The van der Waals surface area contributed by atoms with Crippen molar-refractivity contribution >= 4 is 10.9 Å². The smallest absolute Gasteiger partial charge is 0.331 e. The number of aromatic nitrogens is 2. The number of rotatable bonds is 5. The summed E-state index contributed by atoms with van der Waals surface area (Å²) in [6.07, 6.45) is 1.85. The average Bonchev–Trinajstić information content (AvgIpc) is 2.43. The number of nitrogens with zero attached hydrogens (tertiary/aromatic N) is 2. The Morgan fingerprint density at radius 2 is 1.84 bits per heavy atom. The molecular weight excluding hydrogens is 244 g/mol. The molecule has 19 heavy (non-hydrogen) atoms. The average molecular weight is 262 g/mol. The number of aliphatic hydroxyl groups excluding tert-OH is 1. The van der Waals surface area contributed by atoms with Crippen LogP contribution in [0.4, 0.5) is 0 Å². The molecule has 2 aromatic rings. The van der Waals surface area contributed by atoms with Gasteiger partial charge < -0.3 is 5.11 Å². The molecule has 0 bridgehead atoms. The van der Waals surface area contributed by atoms with Gasteiger partial charge in [0.05, 0.1) is 24.1 Å². The number of benzene rings is 1. The van der Waals surface area contributed by atoms with E-state index in [2.05, 4.69) is 6.92 Å². The molecule has 0 saturated carbocycles. The van der Waals surface area contributed by atoms with Crippen molar-refractivity contribution in [3.8, 4) is 0 Å². The van der Waals surface area contributed by atoms with E-state index < -0.39 is 0 Å². The molecule has 2 rings (SSSR count). The van der Waals surface area contributed by atoms with Gasteiger partial charge in [-0.05, 0) is 18.6 Å². The summed E-state index contributed by atoms with van der Waals surface area (Å²) in [7, 11) is 0. The van der Waals surface area contributed by atoms with Gasteiger partial charge in [-0.3, -0.25) is 13.9 Å². The van der Waals surface area contributed by atoms with E-state index in [4.69, 9.17) is 5.11 Å². The van der Waals surface area contributed by atoms with Crippen molar-refractivity contribution in [2.75, 3.05) is 6.61 Å². The Bertz CT molecular complexity index is 685. The molecule has 0 aliphatic rings. The zero-order chi connectivity index (χ0) is 13.8. The van der Waals surface area contributed by atoms with Crippen LogP contribution in [0, 0.1) is 0 Å². The lowest BCUT2D eigenvalue weighted by atomic mass is 10.2. The highest BCUT2D eigenvalue weighted by Gasteiger charge is 2.11. The van der Waals surface area contributed by atoms with E-state index >= 15 is 0 Å². The molecule has 0 atom stereocenters. The first-order chi connectivity index (χ1) is 9.20. The molecule has 0 amide bonds. The minimum absolute atomic E-state index is 0.0363. The summed E-state index contributed by atoms with van der Waals surface area (Å²) in [6, 6.07) is 7.10. The van der Waals surface area contributed by atoms with E-state index in [1.807, 2.05) is 6.07 Å². The third-order valence-electron chi connectivity index (χ3n) is 3.19. The molecule has 0 aliphatic carbocycles. The highest BCUT2D eigenvalue weighted by molar-refractivity contribution is 5.77. The van der Waals surface area contributed by atoms with Crippen LogP contribution in [0.15, 0.2) is 33.9 Å². The highest BCUT2D eigenvalue weighted by atomic mass is 16.3. The first-order valence-corrected chi connectivity index (χ1v) is 6.54. The van der Waals surface area contributed by atoms with Crippen LogP contribution in [-0.2, 0) is 13.1 Å². The minimum atomic E-state index is -0.341. The van der Waals surface area contributed by atoms with Crippen molar-refractivity contribution in [3.63, 3.8) is 0 Å². The largest absolute Gasteiger partial charge is 0.395 e. The monoisotopic (exact) mass is 262 g/mol. The highest BCUT2D eigenvalue weighted by Crippen LogP contribution is 2.08. The predicted octanol–water partition coefficient (Wildman–Crippen LogP) is 0.956. The molecule has 0 saturated heterocycles. The summed E-state index contributed by atoms with van der Waals surface area (Å²) >= 11 is 0. The van der Waals surface area contributed by atoms with Gasteiger partial charge in [-0.15, -0.1) is 0 Å². The van der Waals surface area contributed by atoms with Crippen LogP contribution in [0.3, 0.4) is 0 Å². The van der Waals surface area contributed by atoms with Crippen LogP contribution >= 0.6 is 0 Å². The van der Waals surface area contributed by atoms with E-state index in [1.165, 1.54) is 0 Å². The van der Waals surface area contributed by atoms with Crippen LogP contribution in [0.2, 0.25) is 0 Å². The lowest BCUT2D eigenvalue weighted by molar-refractivity contribution is 0.270. The van der Waals surface area contributed by atoms with Gasteiger partial charge in [0.15, 0.2) is 0 Å². The van der Waals surface area contributed by atoms with Gasteiger partial charge in [-0.25, -0.2) is 4.79 Å². The maximum absolute atomic E-state index is 12.3. The molecule has 0 aliphatic heterocycles. The number of hydrogen-bond acceptors (Lipinski definition) is 3. The number of hydrogen-bond donors (Lipinski definition) is 1. The first kappa shape index (κ1) is 13.5. The second kappa shape index (κ2) is 5.84. The summed E-state index contributed by atoms with van der Waals surface area (Å²) in [4.78, 5) is 24.5. The summed E-state index contributed by atoms with van der Waals surface area (Å²) in [5.41, 5.74) is -0.00580. The molecule has 1 aromatic carbocycles. The minimum Gasteiger partial charge on any atom is -0.395 e. The number of unbranched alkanes of at least 4 members (excludes halogenated alkanes) is 1. The molecule has 0 unspecified atom stereocenters. The van der Waals surface area contributed by atoms with Crippen LogP contribution in [0.5, 0.6) is 0 Å². The molecule has 1 heterocycles. The van der Waals surface area contributed by atoms with E-state index in [0.29, 0.717) is 17.4 Å². The SMILES string of the molecule is CCCCn1c(=O)n(CCO)c(=O)c2ccccc21. The summed E-state index contributed by atoms with van der Waals surface area (Å²) < 4.78 is 2.73. The first-order valence-electron chi connectivity index (χ1n) is 6.54. The van der Waals surface area contributed by atoms with Gasteiger partial charge in [0.2, 0.25) is 0 Å². The maximum atomic E-state index is 12.3. The van der Waals surface area contributed by atoms with Crippen molar-refractivity contribution in [1.82, 2.24) is 9.13 Å². The molecule has 102 valence electrons. The van der Waals surface area contributed by atoms with Crippen molar-refractivity contribution in [2.24, 2.45) is 0 Å². The van der Waals surface area contributed by atoms with Crippen molar-refractivity contribution < 1.29 is 5.11 Å². The lowest BCUT2D eigenvalue weighted by Crippen LogP contribution is -2.40. The second-order valence-corrected chi connectivity index (χ2v) is 4.49. The molecule has 0 spiro atoms. The van der Waals surface area contributed by atoms with Gasteiger partial charge in [0.25, 0.3) is 5.56 Å². The van der Waals surface area contributed by atoms with Gasteiger partial charge in [-0.1, -0.05) is 25.5 Å². The molecular formula is C14H18N2O3. The Morgan fingerprint density at radius 1 is 1.11 bits per heavy atom. The van der Waals surface area contributed by atoms with Crippen LogP contribution in [0.1, 0.15) is 19.8 Å². The summed E-state index contributed by atoms with van der Waals surface area (Å²) in [5.74, 6) is 0. The summed E-state index contributed by atoms with van der Waals surface area (Å²) in [5, 5.41) is 9.52. The number of aliphatic hydroxyl groups is 1. The molecule has 0 fully saturated rings. The van der Waals surface area contributed by atoms with Crippen LogP contribution in [0.25, 0.3) is 10.9 Å². The fourth-order valence-corrected chi connectivity index (χ4v) is 2.20. The van der Waals surface area contributed by atoms with Gasteiger partial charge in [0, 0.05) is 6.54 Å². The van der Waals surface area contributed by atoms with E-state index in [0.717, 1.165) is 17.4 Å². The normalized spacial score (nSPS) is 11.1. The van der Waals surface area contributed by atoms with E-state index in [9.17, 15) is 9.59 Å². The number of aryl methyl sites for hydroxylation is 1. The number of fused-ring (bicyclic) bond motifs is 1. The van der Waals surface area contributed by atoms with E-state index in [-0.39, 0.29) is 24.4 Å². The maximum Gasteiger partial charge on any atom is 0.331 e. The zero-order valence-corrected chi connectivity index (χ0v) is 11.0. The third-order valence-corrected chi connectivity index (χ3v) is 3.19. The van der Waals surface area contributed by atoms with Gasteiger partial charge >= 0.3 is 5.69 Å². The van der Waals surface area contributed by atoms with Crippen molar-refractivity contribution in [3.05, 3.63) is 45.1 Å².